The van der Waals surface area contributed by atoms with Crippen molar-refractivity contribution in [2.75, 3.05) is 13.2 Å². The molecule has 1 saturated heterocycles. The van der Waals surface area contributed by atoms with E-state index in [9.17, 15) is 4.79 Å². The summed E-state index contributed by atoms with van der Waals surface area (Å²) in [5, 5.41) is 8.85. The lowest BCUT2D eigenvalue weighted by Crippen LogP contribution is -2.51. The molecule has 1 saturated carbocycles. The third-order valence-corrected chi connectivity index (χ3v) is 4.71. The fourth-order valence-electron chi connectivity index (χ4n) is 3.57. The number of rotatable bonds is 2. The van der Waals surface area contributed by atoms with E-state index in [0.717, 1.165) is 24.9 Å². The first-order valence-corrected chi connectivity index (χ1v) is 8.16. The molecule has 1 aromatic heterocycles. The van der Waals surface area contributed by atoms with Gasteiger partial charge in [0.25, 0.3) is 5.91 Å². The van der Waals surface area contributed by atoms with Gasteiger partial charge in [-0.25, -0.2) is 0 Å². The highest BCUT2D eigenvalue weighted by molar-refractivity contribution is 5.93. The van der Waals surface area contributed by atoms with Crippen molar-refractivity contribution < 1.29 is 9.53 Å². The van der Waals surface area contributed by atoms with Gasteiger partial charge < -0.3 is 9.64 Å². The molecule has 120 valence electrons. The number of aromatic nitrogens is 3. The summed E-state index contributed by atoms with van der Waals surface area (Å²) >= 11 is 0. The number of ether oxygens (including phenoxy) is 1. The molecule has 6 nitrogen and oxygen atoms in total. The number of para-hydroxylation sites is 1. The fraction of sp³-hybridized carbons (Fsp3) is 0.471. The molecule has 0 bridgehead atoms. The summed E-state index contributed by atoms with van der Waals surface area (Å²) in [4.78, 5) is 16.4. The minimum Gasteiger partial charge on any atom is -0.374 e. The summed E-state index contributed by atoms with van der Waals surface area (Å²) in [7, 11) is 0. The van der Waals surface area contributed by atoms with E-state index in [4.69, 9.17) is 4.74 Å². The van der Waals surface area contributed by atoms with Crippen LogP contribution in [0.5, 0.6) is 0 Å². The molecule has 2 atom stereocenters. The highest BCUT2D eigenvalue weighted by atomic mass is 16.5. The van der Waals surface area contributed by atoms with Crippen molar-refractivity contribution in [2.24, 2.45) is 0 Å². The summed E-state index contributed by atoms with van der Waals surface area (Å²) in [5.74, 6) is -0.0233. The van der Waals surface area contributed by atoms with Crippen LogP contribution >= 0.6 is 0 Å². The molecule has 0 unspecified atom stereocenters. The van der Waals surface area contributed by atoms with E-state index in [0.29, 0.717) is 24.5 Å². The second kappa shape index (κ2) is 5.77. The van der Waals surface area contributed by atoms with Crippen LogP contribution in [0, 0.1) is 6.92 Å². The Morgan fingerprint density at radius 2 is 2.04 bits per heavy atom. The molecule has 1 amide bonds. The van der Waals surface area contributed by atoms with E-state index in [1.54, 1.807) is 0 Å². The number of hydrogen-bond acceptors (Lipinski definition) is 4. The predicted molar refractivity (Wildman–Crippen MR) is 84.5 cm³/mol. The van der Waals surface area contributed by atoms with Gasteiger partial charge in [0.05, 0.1) is 30.1 Å². The average Bonchev–Trinajstić information content (AvgIpc) is 3.21. The normalized spacial score (nSPS) is 23.8. The van der Waals surface area contributed by atoms with E-state index in [-0.39, 0.29) is 18.1 Å². The number of nitrogens with zero attached hydrogens (tertiary/aromatic N) is 4. The summed E-state index contributed by atoms with van der Waals surface area (Å²) in [6.07, 6.45) is 3.37. The zero-order valence-corrected chi connectivity index (χ0v) is 13.2. The van der Waals surface area contributed by atoms with Crippen molar-refractivity contribution in [3.05, 3.63) is 41.7 Å². The molecule has 1 aromatic carbocycles. The Hall–Kier alpha value is -2.21. The number of carbonyl (C=O) groups is 1. The van der Waals surface area contributed by atoms with Gasteiger partial charge in [-0.05, 0) is 38.3 Å². The number of amides is 1. The molecular weight excluding hydrogens is 292 g/mol. The first kappa shape index (κ1) is 14.4. The molecule has 2 aromatic rings. The van der Waals surface area contributed by atoms with Crippen LogP contribution in [0.3, 0.4) is 0 Å². The minimum atomic E-state index is -0.0233. The predicted octanol–water partition coefficient (Wildman–Crippen LogP) is 1.97. The lowest BCUT2D eigenvalue weighted by molar-refractivity contribution is -0.0447. The standard InChI is InChI=1S/C17H20N4O2/c1-12-16(19-21(18-12)13-6-3-2-4-7-13)17(22)20-10-11-23-15-9-5-8-14(15)20/h2-4,6-7,14-15H,5,8-11H2,1H3/t14-,15-/m0/s1. The van der Waals surface area contributed by atoms with E-state index in [2.05, 4.69) is 10.2 Å². The van der Waals surface area contributed by atoms with Crippen LogP contribution < -0.4 is 0 Å². The third-order valence-electron chi connectivity index (χ3n) is 4.71. The SMILES string of the molecule is Cc1nn(-c2ccccc2)nc1C(=O)N1CCO[C@H]2CCC[C@@H]21. The summed E-state index contributed by atoms with van der Waals surface area (Å²) in [5.41, 5.74) is 1.97. The minimum absolute atomic E-state index is 0.0233. The molecule has 0 N–H and O–H groups in total. The molecule has 2 heterocycles. The monoisotopic (exact) mass is 312 g/mol. The van der Waals surface area contributed by atoms with Gasteiger partial charge in [-0.15, -0.1) is 5.10 Å². The Morgan fingerprint density at radius 3 is 2.87 bits per heavy atom. The van der Waals surface area contributed by atoms with E-state index in [1.165, 1.54) is 4.80 Å². The van der Waals surface area contributed by atoms with Crippen molar-refractivity contribution in [3.63, 3.8) is 0 Å². The highest BCUT2D eigenvalue weighted by Gasteiger charge is 2.39. The smallest absolute Gasteiger partial charge is 0.276 e. The summed E-state index contributed by atoms with van der Waals surface area (Å²) < 4.78 is 5.79. The van der Waals surface area contributed by atoms with Crippen LogP contribution in [0.25, 0.3) is 5.69 Å². The van der Waals surface area contributed by atoms with Crippen molar-refractivity contribution in [3.8, 4) is 5.69 Å². The van der Waals surface area contributed by atoms with Crippen molar-refractivity contribution in [2.45, 2.75) is 38.3 Å². The second-order valence-corrected chi connectivity index (χ2v) is 6.17. The van der Waals surface area contributed by atoms with Gasteiger partial charge in [0.2, 0.25) is 0 Å². The highest BCUT2D eigenvalue weighted by Crippen LogP contribution is 2.30. The maximum atomic E-state index is 13.0. The number of fused-ring (bicyclic) bond motifs is 1. The molecule has 1 aliphatic carbocycles. The van der Waals surface area contributed by atoms with Crippen molar-refractivity contribution in [1.29, 1.82) is 0 Å². The largest absolute Gasteiger partial charge is 0.374 e. The molecule has 4 rings (SSSR count). The van der Waals surface area contributed by atoms with Crippen LogP contribution in [0.15, 0.2) is 30.3 Å². The molecule has 6 heteroatoms. The summed E-state index contributed by atoms with van der Waals surface area (Å²) in [6, 6.07) is 9.85. The molecule has 2 aliphatic rings. The zero-order chi connectivity index (χ0) is 15.8. The van der Waals surface area contributed by atoms with E-state index >= 15 is 0 Å². The van der Waals surface area contributed by atoms with Gasteiger partial charge in [-0.3, -0.25) is 4.79 Å². The Morgan fingerprint density at radius 1 is 1.22 bits per heavy atom. The van der Waals surface area contributed by atoms with Crippen LogP contribution in [0.1, 0.15) is 35.4 Å². The van der Waals surface area contributed by atoms with Crippen LogP contribution in [0.4, 0.5) is 0 Å². The first-order valence-electron chi connectivity index (χ1n) is 8.16. The third kappa shape index (κ3) is 2.53. The Bertz CT molecular complexity index is 713. The fourth-order valence-corrected chi connectivity index (χ4v) is 3.57. The van der Waals surface area contributed by atoms with Gasteiger partial charge in [-0.2, -0.15) is 9.90 Å². The van der Waals surface area contributed by atoms with Crippen LogP contribution in [-0.2, 0) is 4.74 Å². The maximum Gasteiger partial charge on any atom is 0.276 e. The Balaban J connectivity index is 1.62. The molecule has 1 aliphatic heterocycles. The second-order valence-electron chi connectivity index (χ2n) is 6.17. The van der Waals surface area contributed by atoms with E-state index < -0.39 is 0 Å². The van der Waals surface area contributed by atoms with Gasteiger partial charge in [0.1, 0.15) is 0 Å². The van der Waals surface area contributed by atoms with Crippen molar-refractivity contribution >= 4 is 5.91 Å². The number of aryl methyl sites for hydroxylation is 1. The quantitative estimate of drug-likeness (QED) is 0.850. The van der Waals surface area contributed by atoms with Gasteiger partial charge in [0.15, 0.2) is 5.69 Å². The van der Waals surface area contributed by atoms with Gasteiger partial charge >= 0.3 is 0 Å². The van der Waals surface area contributed by atoms with Crippen LogP contribution in [-0.4, -0.2) is 51.1 Å². The molecule has 0 spiro atoms. The molecule has 0 radical (unpaired) electrons. The number of morpholine rings is 1. The Labute approximate surface area is 135 Å². The topological polar surface area (TPSA) is 60.2 Å². The van der Waals surface area contributed by atoms with Crippen molar-refractivity contribution in [1.82, 2.24) is 19.9 Å². The van der Waals surface area contributed by atoms with Gasteiger partial charge in [0, 0.05) is 6.54 Å². The number of benzene rings is 1. The molecular formula is C17H20N4O2. The lowest BCUT2D eigenvalue weighted by Gasteiger charge is -2.37. The number of hydrogen-bond donors (Lipinski definition) is 0. The maximum absolute atomic E-state index is 13.0. The zero-order valence-electron chi connectivity index (χ0n) is 13.2. The summed E-state index contributed by atoms with van der Waals surface area (Å²) in [6.45, 7) is 3.09. The van der Waals surface area contributed by atoms with Crippen LogP contribution in [0.2, 0.25) is 0 Å². The number of carbonyl (C=O) groups excluding carboxylic acids is 1. The molecule has 2 fully saturated rings. The Kier molecular flexibility index (Phi) is 3.61. The van der Waals surface area contributed by atoms with Gasteiger partial charge in [-0.1, -0.05) is 18.2 Å². The average molecular weight is 312 g/mol. The first-order chi connectivity index (χ1) is 11.2. The molecule has 23 heavy (non-hydrogen) atoms. The lowest BCUT2D eigenvalue weighted by atomic mass is 10.1. The van der Waals surface area contributed by atoms with E-state index in [1.807, 2.05) is 42.2 Å².